The third-order valence-corrected chi connectivity index (χ3v) is 4.20. The van der Waals surface area contributed by atoms with Gasteiger partial charge in [0.25, 0.3) is 5.91 Å². The highest BCUT2D eigenvalue weighted by Crippen LogP contribution is 2.39. The maximum atomic E-state index is 13.3. The lowest BCUT2D eigenvalue weighted by Gasteiger charge is -2.25. The van der Waals surface area contributed by atoms with Crippen molar-refractivity contribution in [1.29, 1.82) is 0 Å². The number of imide groups is 1. The van der Waals surface area contributed by atoms with Gasteiger partial charge in [0, 0.05) is 6.54 Å². The third-order valence-electron chi connectivity index (χ3n) is 4.20. The fourth-order valence-corrected chi connectivity index (χ4v) is 2.79. The fourth-order valence-electron chi connectivity index (χ4n) is 2.79. The molecule has 9 heteroatoms. The van der Waals surface area contributed by atoms with E-state index in [1.54, 1.807) is 0 Å². The van der Waals surface area contributed by atoms with Crippen molar-refractivity contribution in [2.75, 3.05) is 13.1 Å². The molecule has 0 spiro atoms. The summed E-state index contributed by atoms with van der Waals surface area (Å²) < 4.78 is 39.8. The third kappa shape index (κ3) is 3.81. The zero-order chi connectivity index (χ0) is 19.5. The molecule has 1 atom stereocenters. The SMILES string of the molecule is CCCCNC(=O)CN1C(=O)N[C@@](C)(c2ccccc2C(F)(F)F)C1=O. The number of unbranched alkanes of at least 4 members (excludes halogenated alkanes) is 1. The Morgan fingerprint density at radius 3 is 2.54 bits per heavy atom. The quantitative estimate of drug-likeness (QED) is 0.595. The van der Waals surface area contributed by atoms with Crippen LogP contribution in [-0.2, 0) is 21.3 Å². The molecule has 26 heavy (non-hydrogen) atoms. The Bertz CT molecular complexity index is 721. The Balaban J connectivity index is 2.26. The minimum Gasteiger partial charge on any atom is -0.355 e. The number of benzene rings is 1. The molecular weight excluding hydrogens is 351 g/mol. The first-order valence-electron chi connectivity index (χ1n) is 8.18. The molecule has 0 aliphatic carbocycles. The number of carbonyl (C=O) groups is 3. The average Bonchev–Trinajstić information content (AvgIpc) is 2.78. The van der Waals surface area contributed by atoms with Gasteiger partial charge in [0.05, 0.1) is 5.56 Å². The number of halogens is 3. The highest BCUT2D eigenvalue weighted by molar-refractivity contribution is 6.09. The summed E-state index contributed by atoms with van der Waals surface area (Å²) in [5.41, 5.74) is -3.27. The van der Waals surface area contributed by atoms with Crippen molar-refractivity contribution < 1.29 is 27.6 Å². The minimum absolute atomic E-state index is 0.361. The monoisotopic (exact) mass is 371 g/mol. The standard InChI is InChI=1S/C17H20F3N3O3/c1-3-4-9-21-13(24)10-23-14(25)16(2,22-15(23)26)11-7-5-6-8-12(11)17(18,19)20/h5-8H,3-4,9-10H2,1-2H3,(H,21,24)(H,22,26)/t16-/m0/s1. The molecule has 2 N–H and O–H groups in total. The summed E-state index contributed by atoms with van der Waals surface area (Å²) in [6, 6.07) is 3.65. The largest absolute Gasteiger partial charge is 0.416 e. The van der Waals surface area contributed by atoms with Crippen molar-refractivity contribution in [2.24, 2.45) is 0 Å². The van der Waals surface area contributed by atoms with E-state index in [-0.39, 0.29) is 5.56 Å². The molecule has 0 unspecified atom stereocenters. The lowest BCUT2D eigenvalue weighted by molar-refractivity contribution is -0.140. The van der Waals surface area contributed by atoms with Crippen molar-refractivity contribution in [3.8, 4) is 0 Å². The number of hydrogen-bond acceptors (Lipinski definition) is 3. The predicted molar refractivity (Wildman–Crippen MR) is 87.0 cm³/mol. The van der Waals surface area contributed by atoms with E-state index in [0.29, 0.717) is 11.4 Å². The zero-order valence-corrected chi connectivity index (χ0v) is 14.4. The van der Waals surface area contributed by atoms with E-state index in [1.807, 2.05) is 6.92 Å². The Labute approximate surface area is 148 Å². The van der Waals surface area contributed by atoms with Crippen LogP contribution in [0.25, 0.3) is 0 Å². The molecule has 1 aliphatic heterocycles. The summed E-state index contributed by atoms with van der Waals surface area (Å²) in [7, 11) is 0. The van der Waals surface area contributed by atoms with E-state index in [9.17, 15) is 27.6 Å². The molecule has 0 saturated carbocycles. The smallest absolute Gasteiger partial charge is 0.355 e. The number of nitrogens with zero attached hydrogens (tertiary/aromatic N) is 1. The molecule has 1 heterocycles. The predicted octanol–water partition coefficient (Wildman–Crippen LogP) is 2.39. The van der Waals surface area contributed by atoms with Crippen LogP contribution < -0.4 is 10.6 Å². The Hall–Kier alpha value is -2.58. The molecule has 4 amide bonds. The number of alkyl halides is 3. The molecule has 6 nitrogen and oxygen atoms in total. The van der Waals surface area contributed by atoms with Crippen molar-refractivity contribution in [3.63, 3.8) is 0 Å². The van der Waals surface area contributed by atoms with Gasteiger partial charge in [-0.1, -0.05) is 31.5 Å². The van der Waals surface area contributed by atoms with Crippen molar-refractivity contribution in [1.82, 2.24) is 15.5 Å². The van der Waals surface area contributed by atoms with Crippen LogP contribution in [0.15, 0.2) is 24.3 Å². The van der Waals surface area contributed by atoms with Gasteiger partial charge in [-0.05, 0) is 25.0 Å². The van der Waals surface area contributed by atoms with Crippen LogP contribution in [0.2, 0.25) is 0 Å². The molecule has 1 aliphatic rings. The summed E-state index contributed by atoms with van der Waals surface area (Å²) in [5, 5.41) is 4.85. The molecule has 1 aromatic carbocycles. The molecule has 1 aromatic rings. The van der Waals surface area contributed by atoms with Crippen LogP contribution in [0.4, 0.5) is 18.0 Å². The Morgan fingerprint density at radius 1 is 1.27 bits per heavy atom. The van der Waals surface area contributed by atoms with Crippen LogP contribution >= 0.6 is 0 Å². The summed E-state index contributed by atoms with van der Waals surface area (Å²) in [6.45, 7) is 2.99. The van der Waals surface area contributed by atoms with Crippen LogP contribution in [0.1, 0.15) is 37.8 Å². The number of carbonyl (C=O) groups excluding carboxylic acids is 3. The van der Waals surface area contributed by atoms with Crippen molar-refractivity contribution >= 4 is 17.8 Å². The molecule has 0 bridgehead atoms. The number of nitrogens with one attached hydrogen (secondary N) is 2. The zero-order valence-electron chi connectivity index (χ0n) is 14.4. The van der Waals surface area contributed by atoms with Gasteiger partial charge in [-0.25, -0.2) is 4.79 Å². The normalized spacial score (nSPS) is 20.3. The van der Waals surface area contributed by atoms with Crippen molar-refractivity contribution in [3.05, 3.63) is 35.4 Å². The minimum atomic E-state index is -4.68. The van der Waals surface area contributed by atoms with Gasteiger partial charge < -0.3 is 10.6 Å². The summed E-state index contributed by atoms with van der Waals surface area (Å²) >= 11 is 0. The number of rotatable bonds is 6. The summed E-state index contributed by atoms with van der Waals surface area (Å²) in [4.78, 5) is 37.3. The Kier molecular flexibility index (Phi) is 5.58. The van der Waals surface area contributed by atoms with E-state index < -0.39 is 41.7 Å². The van der Waals surface area contributed by atoms with Crippen LogP contribution in [-0.4, -0.2) is 35.8 Å². The lowest BCUT2D eigenvalue weighted by atomic mass is 9.87. The topological polar surface area (TPSA) is 78.5 Å². The second-order valence-corrected chi connectivity index (χ2v) is 6.19. The average molecular weight is 371 g/mol. The van der Waals surface area contributed by atoms with Crippen molar-refractivity contribution in [2.45, 2.75) is 38.4 Å². The highest BCUT2D eigenvalue weighted by atomic mass is 19.4. The first kappa shape index (κ1) is 19.7. The fraction of sp³-hybridized carbons (Fsp3) is 0.471. The molecule has 1 saturated heterocycles. The first-order chi connectivity index (χ1) is 12.1. The van der Waals surface area contributed by atoms with Gasteiger partial charge in [0.15, 0.2) is 0 Å². The first-order valence-corrected chi connectivity index (χ1v) is 8.18. The van der Waals surface area contributed by atoms with E-state index in [2.05, 4.69) is 10.6 Å². The summed E-state index contributed by atoms with van der Waals surface area (Å²) in [5.74, 6) is -1.44. The van der Waals surface area contributed by atoms with E-state index in [4.69, 9.17) is 0 Å². The second kappa shape index (κ2) is 7.35. The highest BCUT2D eigenvalue weighted by Gasteiger charge is 2.52. The van der Waals surface area contributed by atoms with Crippen LogP contribution in [0, 0.1) is 0 Å². The maximum Gasteiger partial charge on any atom is 0.416 e. The van der Waals surface area contributed by atoms with Gasteiger partial charge in [-0.15, -0.1) is 0 Å². The molecule has 142 valence electrons. The number of hydrogen-bond donors (Lipinski definition) is 2. The molecule has 0 radical (unpaired) electrons. The van der Waals surface area contributed by atoms with E-state index in [1.165, 1.54) is 19.1 Å². The number of amides is 4. The second-order valence-electron chi connectivity index (χ2n) is 6.19. The van der Waals surface area contributed by atoms with Gasteiger partial charge in [0.2, 0.25) is 5.91 Å². The summed E-state index contributed by atoms with van der Waals surface area (Å²) in [6.07, 6.45) is -3.09. The van der Waals surface area contributed by atoms with Crippen LogP contribution in [0.5, 0.6) is 0 Å². The molecule has 0 aromatic heterocycles. The van der Waals surface area contributed by atoms with Gasteiger partial charge in [-0.3, -0.25) is 14.5 Å². The van der Waals surface area contributed by atoms with E-state index in [0.717, 1.165) is 25.0 Å². The Morgan fingerprint density at radius 2 is 1.92 bits per heavy atom. The maximum absolute atomic E-state index is 13.3. The van der Waals surface area contributed by atoms with Gasteiger partial charge in [-0.2, -0.15) is 13.2 Å². The molecule has 1 fully saturated rings. The van der Waals surface area contributed by atoms with E-state index >= 15 is 0 Å². The molecular formula is C17H20F3N3O3. The molecule has 2 rings (SSSR count). The lowest BCUT2D eigenvalue weighted by Crippen LogP contribution is -2.44. The van der Waals surface area contributed by atoms with Crippen LogP contribution in [0.3, 0.4) is 0 Å². The number of urea groups is 1. The van der Waals surface area contributed by atoms with Gasteiger partial charge >= 0.3 is 12.2 Å². The van der Waals surface area contributed by atoms with Gasteiger partial charge in [0.1, 0.15) is 12.1 Å².